The number of nitrogens with zero attached hydrogens (tertiary/aromatic N) is 2. The first-order valence-corrected chi connectivity index (χ1v) is 15.3. The Bertz CT molecular complexity index is 1490. The number of alkyl halides is 2. The zero-order valence-electron chi connectivity index (χ0n) is 24.4. The first-order valence-electron chi connectivity index (χ1n) is 14.9. The van der Waals surface area contributed by atoms with Crippen LogP contribution < -0.4 is 10.1 Å². The molecule has 2 fully saturated rings. The summed E-state index contributed by atoms with van der Waals surface area (Å²) in [5, 5.41) is 2.95. The number of allylic oxidation sites excluding steroid dienone is 1. The molecule has 0 radical (unpaired) electrons. The number of carbonyl (C=O) groups is 3. The van der Waals surface area contributed by atoms with E-state index < -0.39 is 30.5 Å². The highest BCUT2D eigenvalue weighted by molar-refractivity contribution is 6.30. The molecule has 4 aliphatic rings. The minimum Gasteiger partial charge on any atom is -0.484 e. The standard InChI is InChI=1S/C33H36ClF2N3O4/c1-32(2)13-11-21(26(16-32)20-3-5-23(34)6-4-20)17-38-14-12-28(33(35,36)19-38)43-24-7-8-25-22(15-24)18-39(31(25)42)27-9-10-29(40)37-30(27)41/h3-8,15,27-28H,9-14,16-19H2,1-2H3,(H,37,40,41)/t27?,28-/m0/s1. The number of amides is 3. The zero-order valence-corrected chi connectivity index (χ0v) is 25.2. The highest BCUT2D eigenvalue weighted by Crippen LogP contribution is 2.44. The molecule has 1 N–H and O–H groups in total. The van der Waals surface area contributed by atoms with E-state index >= 15 is 8.78 Å². The molecule has 43 heavy (non-hydrogen) atoms. The molecule has 2 aromatic rings. The van der Waals surface area contributed by atoms with E-state index in [4.69, 9.17) is 16.3 Å². The number of nitrogens with one attached hydrogen (secondary N) is 1. The largest absolute Gasteiger partial charge is 0.484 e. The van der Waals surface area contributed by atoms with Crippen molar-refractivity contribution in [3.05, 3.63) is 69.8 Å². The van der Waals surface area contributed by atoms with Crippen LogP contribution in [0.5, 0.6) is 5.75 Å². The van der Waals surface area contributed by atoms with Crippen molar-refractivity contribution < 1.29 is 27.9 Å². The van der Waals surface area contributed by atoms with Gasteiger partial charge in [0.05, 0.1) is 6.54 Å². The first kappa shape index (κ1) is 29.8. The number of likely N-dealkylation sites (tertiary alicyclic amines) is 1. The van der Waals surface area contributed by atoms with Crippen LogP contribution in [0.4, 0.5) is 8.78 Å². The Morgan fingerprint density at radius 1 is 1.05 bits per heavy atom. The molecule has 2 atom stereocenters. The average molecular weight is 612 g/mol. The molecule has 10 heteroatoms. The van der Waals surface area contributed by atoms with E-state index in [9.17, 15) is 14.4 Å². The van der Waals surface area contributed by atoms with E-state index in [1.165, 1.54) is 16.0 Å². The van der Waals surface area contributed by atoms with Crippen LogP contribution >= 0.6 is 11.6 Å². The second-order valence-corrected chi connectivity index (χ2v) is 13.5. The van der Waals surface area contributed by atoms with Crippen molar-refractivity contribution in [1.82, 2.24) is 15.1 Å². The number of hydrogen-bond donors (Lipinski definition) is 1. The van der Waals surface area contributed by atoms with E-state index in [1.54, 1.807) is 18.2 Å². The lowest BCUT2D eigenvalue weighted by molar-refractivity contribution is -0.138. The summed E-state index contributed by atoms with van der Waals surface area (Å²) >= 11 is 6.12. The molecule has 0 spiro atoms. The lowest BCUT2D eigenvalue weighted by Gasteiger charge is -2.40. The number of imide groups is 1. The minimum atomic E-state index is -3.07. The summed E-state index contributed by atoms with van der Waals surface area (Å²) in [6.07, 6.45) is 2.07. The summed E-state index contributed by atoms with van der Waals surface area (Å²) in [6.45, 7) is 5.23. The number of fused-ring (bicyclic) bond motifs is 1. The predicted octanol–water partition coefficient (Wildman–Crippen LogP) is 5.85. The molecule has 1 aliphatic carbocycles. The Labute approximate surface area is 255 Å². The van der Waals surface area contributed by atoms with E-state index in [0.717, 1.165) is 24.8 Å². The Balaban J connectivity index is 1.12. The highest BCUT2D eigenvalue weighted by Gasteiger charge is 2.47. The molecule has 7 nitrogen and oxygen atoms in total. The van der Waals surface area contributed by atoms with Crippen LogP contribution in [0.15, 0.2) is 48.0 Å². The lowest BCUT2D eigenvalue weighted by Crippen LogP contribution is -2.54. The molecule has 0 saturated carbocycles. The Morgan fingerprint density at radius 2 is 1.81 bits per heavy atom. The number of carbonyl (C=O) groups excluding carboxylic acids is 3. The van der Waals surface area contributed by atoms with Gasteiger partial charge in [0.1, 0.15) is 11.8 Å². The molecule has 3 aliphatic heterocycles. The maximum absolute atomic E-state index is 15.5. The van der Waals surface area contributed by atoms with Gasteiger partial charge in [0.2, 0.25) is 11.8 Å². The van der Waals surface area contributed by atoms with Crippen LogP contribution in [0.3, 0.4) is 0 Å². The molecule has 2 saturated heterocycles. The molecule has 3 heterocycles. The maximum Gasteiger partial charge on any atom is 0.296 e. The third-order valence-electron chi connectivity index (χ3n) is 9.18. The molecule has 2 aromatic carbocycles. The van der Waals surface area contributed by atoms with Crippen molar-refractivity contribution >= 4 is 34.9 Å². The van der Waals surface area contributed by atoms with Gasteiger partial charge < -0.3 is 9.64 Å². The topological polar surface area (TPSA) is 79.0 Å². The van der Waals surface area contributed by atoms with Gasteiger partial charge in [0, 0.05) is 43.1 Å². The van der Waals surface area contributed by atoms with Gasteiger partial charge in [0.25, 0.3) is 11.8 Å². The SMILES string of the molecule is CC1(C)CCC(CN2CC[C@H](Oc3ccc4c(c3)CN(C3CCC(=O)NC3=O)C4=O)C(F)(F)C2)=C(c2ccc(Cl)cc2)C1. The van der Waals surface area contributed by atoms with Gasteiger partial charge in [-0.05, 0) is 78.1 Å². The normalized spacial score (nSPS) is 25.5. The van der Waals surface area contributed by atoms with Crippen molar-refractivity contribution in [1.29, 1.82) is 0 Å². The Hall–Kier alpha value is -3.30. The van der Waals surface area contributed by atoms with E-state index in [-0.39, 0.29) is 48.8 Å². The fourth-order valence-electron chi connectivity index (χ4n) is 6.79. The van der Waals surface area contributed by atoms with E-state index in [0.29, 0.717) is 29.2 Å². The number of hydrogen-bond acceptors (Lipinski definition) is 5. The van der Waals surface area contributed by atoms with Gasteiger partial charge in [0.15, 0.2) is 6.10 Å². The van der Waals surface area contributed by atoms with Crippen molar-refractivity contribution in [2.75, 3.05) is 19.6 Å². The highest BCUT2D eigenvalue weighted by atomic mass is 35.5. The van der Waals surface area contributed by atoms with Crippen molar-refractivity contribution in [2.45, 2.75) is 77.0 Å². The van der Waals surface area contributed by atoms with Crippen molar-refractivity contribution in [3.8, 4) is 5.75 Å². The second kappa shape index (κ2) is 11.3. The number of halogens is 3. The molecular weight excluding hydrogens is 576 g/mol. The molecule has 0 aromatic heterocycles. The molecule has 6 rings (SSSR count). The van der Waals surface area contributed by atoms with Crippen molar-refractivity contribution in [2.24, 2.45) is 5.41 Å². The summed E-state index contributed by atoms with van der Waals surface area (Å²) in [6, 6.07) is 11.8. The maximum atomic E-state index is 15.5. The molecule has 3 amide bonds. The van der Waals surface area contributed by atoms with Crippen LogP contribution in [-0.4, -0.2) is 65.2 Å². The van der Waals surface area contributed by atoms with E-state index in [1.807, 2.05) is 29.2 Å². The van der Waals surface area contributed by atoms with E-state index in [2.05, 4.69) is 19.2 Å². The molecule has 0 bridgehead atoms. The summed E-state index contributed by atoms with van der Waals surface area (Å²) in [5.74, 6) is -3.95. The fourth-order valence-corrected chi connectivity index (χ4v) is 6.92. The minimum absolute atomic E-state index is 0.141. The number of benzene rings is 2. The van der Waals surface area contributed by atoms with Crippen LogP contribution in [-0.2, 0) is 16.1 Å². The summed E-state index contributed by atoms with van der Waals surface area (Å²) in [5.41, 5.74) is 4.72. The summed E-state index contributed by atoms with van der Waals surface area (Å²) in [7, 11) is 0. The van der Waals surface area contributed by atoms with Crippen molar-refractivity contribution in [3.63, 3.8) is 0 Å². The number of piperidine rings is 2. The lowest BCUT2D eigenvalue weighted by atomic mass is 9.72. The smallest absolute Gasteiger partial charge is 0.296 e. The monoisotopic (exact) mass is 611 g/mol. The molecule has 1 unspecified atom stereocenters. The summed E-state index contributed by atoms with van der Waals surface area (Å²) in [4.78, 5) is 40.1. The van der Waals surface area contributed by atoms with Gasteiger partial charge in [-0.25, -0.2) is 8.78 Å². The quantitative estimate of drug-likeness (QED) is 0.415. The van der Waals surface area contributed by atoms with Gasteiger partial charge in [-0.2, -0.15) is 0 Å². The zero-order chi connectivity index (χ0) is 30.5. The van der Waals surface area contributed by atoms with Gasteiger partial charge in [-0.3, -0.25) is 24.6 Å². The van der Waals surface area contributed by atoms with Gasteiger partial charge in [-0.15, -0.1) is 0 Å². The third-order valence-corrected chi connectivity index (χ3v) is 9.43. The predicted molar refractivity (Wildman–Crippen MR) is 159 cm³/mol. The Morgan fingerprint density at radius 3 is 2.53 bits per heavy atom. The second-order valence-electron chi connectivity index (χ2n) is 13.0. The summed E-state index contributed by atoms with van der Waals surface area (Å²) < 4.78 is 36.9. The number of rotatable bonds is 6. The van der Waals surface area contributed by atoms with Gasteiger partial charge in [-0.1, -0.05) is 43.2 Å². The third kappa shape index (κ3) is 6.20. The van der Waals surface area contributed by atoms with Gasteiger partial charge >= 0.3 is 0 Å². The molecular formula is C33H36ClF2N3O4. The average Bonchev–Trinajstić information content (AvgIpc) is 3.26. The molecule has 228 valence electrons. The fraction of sp³-hybridized carbons (Fsp3) is 0.485. The Kier molecular flexibility index (Phi) is 7.84. The van der Waals surface area contributed by atoms with Crippen LogP contribution in [0.2, 0.25) is 5.02 Å². The van der Waals surface area contributed by atoms with Crippen LogP contribution in [0.1, 0.15) is 73.9 Å². The number of ether oxygens (including phenoxy) is 1. The van der Waals surface area contributed by atoms with Crippen LogP contribution in [0.25, 0.3) is 5.57 Å². The van der Waals surface area contributed by atoms with Crippen LogP contribution in [0, 0.1) is 5.41 Å². The first-order chi connectivity index (χ1) is 20.4.